The number of benzene rings is 2. The van der Waals surface area contributed by atoms with E-state index in [0.29, 0.717) is 16.7 Å². The Labute approximate surface area is 156 Å². The molecule has 1 amide bonds. The number of rotatable bonds is 3. The molecule has 2 heterocycles. The smallest absolute Gasteiger partial charge is 0.322 e. The van der Waals surface area contributed by atoms with Crippen molar-refractivity contribution in [3.8, 4) is 5.69 Å². The Bertz CT molecular complexity index is 1160. The molecule has 2 aromatic heterocycles. The fourth-order valence-corrected chi connectivity index (χ4v) is 2.79. The summed E-state index contributed by atoms with van der Waals surface area (Å²) in [5.41, 5.74) is 0.726. The zero-order chi connectivity index (χ0) is 19.9. The summed E-state index contributed by atoms with van der Waals surface area (Å²) < 4.78 is 41.8. The molecule has 2 aromatic carbocycles. The normalized spacial score (nSPS) is 11.7. The van der Waals surface area contributed by atoms with Crippen LogP contribution in [-0.4, -0.2) is 31.1 Å². The molecule has 0 atom stereocenters. The lowest BCUT2D eigenvalue weighted by Crippen LogP contribution is -2.20. The molecule has 0 radical (unpaired) electrons. The van der Waals surface area contributed by atoms with Gasteiger partial charge in [0.2, 0.25) is 0 Å². The number of aromatic nitrogens is 5. The van der Waals surface area contributed by atoms with Gasteiger partial charge in [-0.15, -0.1) is 0 Å². The Kier molecular flexibility index (Phi) is 4.10. The molecule has 0 fully saturated rings. The zero-order valence-corrected chi connectivity index (χ0v) is 14.4. The van der Waals surface area contributed by atoms with Crippen LogP contribution in [-0.2, 0) is 6.18 Å². The first-order chi connectivity index (χ1) is 13.3. The van der Waals surface area contributed by atoms with Crippen LogP contribution >= 0.6 is 0 Å². The highest BCUT2D eigenvalue weighted by Crippen LogP contribution is 2.34. The van der Waals surface area contributed by atoms with Crippen molar-refractivity contribution < 1.29 is 18.0 Å². The molecule has 4 rings (SSSR count). The van der Waals surface area contributed by atoms with Crippen LogP contribution in [0.3, 0.4) is 0 Å². The largest absolute Gasteiger partial charge is 0.434 e. The number of amides is 1. The van der Waals surface area contributed by atoms with Crippen LogP contribution < -0.4 is 5.32 Å². The molecule has 0 aliphatic carbocycles. The van der Waals surface area contributed by atoms with Crippen molar-refractivity contribution in [2.45, 2.75) is 13.1 Å². The number of nitrogens with one attached hydrogen (secondary N) is 2. The average Bonchev–Trinajstić information content (AvgIpc) is 3.28. The Morgan fingerprint density at radius 1 is 1.07 bits per heavy atom. The van der Waals surface area contributed by atoms with Crippen molar-refractivity contribution in [1.82, 2.24) is 25.2 Å². The molecule has 7 nitrogen and oxygen atoms in total. The zero-order valence-electron chi connectivity index (χ0n) is 14.4. The van der Waals surface area contributed by atoms with Gasteiger partial charge in [-0.1, -0.05) is 17.7 Å². The maximum Gasteiger partial charge on any atom is 0.434 e. The van der Waals surface area contributed by atoms with Crippen LogP contribution in [0.15, 0.2) is 48.7 Å². The van der Waals surface area contributed by atoms with E-state index >= 15 is 0 Å². The van der Waals surface area contributed by atoms with Gasteiger partial charge in [0.15, 0.2) is 5.69 Å². The summed E-state index contributed by atoms with van der Waals surface area (Å²) >= 11 is 0. The van der Waals surface area contributed by atoms with Gasteiger partial charge in [0.05, 0.1) is 17.4 Å². The molecule has 0 saturated carbocycles. The third kappa shape index (κ3) is 3.20. The number of aryl methyl sites for hydroxylation is 1. The number of H-pyrrole nitrogens is 1. The van der Waals surface area contributed by atoms with Crippen LogP contribution in [0.25, 0.3) is 16.7 Å². The van der Waals surface area contributed by atoms with Crippen molar-refractivity contribution in [2.75, 3.05) is 5.32 Å². The third-order valence-electron chi connectivity index (χ3n) is 4.14. The predicted molar refractivity (Wildman–Crippen MR) is 95.1 cm³/mol. The van der Waals surface area contributed by atoms with Gasteiger partial charge in [-0.3, -0.25) is 4.79 Å². The molecule has 4 aromatic rings. The number of halogens is 3. The number of carbonyl (C=O) groups is 1. The van der Waals surface area contributed by atoms with Gasteiger partial charge in [-0.05, 0) is 37.3 Å². The van der Waals surface area contributed by atoms with Crippen molar-refractivity contribution in [3.63, 3.8) is 0 Å². The molecule has 0 spiro atoms. The van der Waals surface area contributed by atoms with Gasteiger partial charge < -0.3 is 5.32 Å². The van der Waals surface area contributed by atoms with E-state index in [0.717, 1.165) is 16.4 Å². The van der Waals surface area contributed by atoms with E-state index in [1.807, 2.05) is 6.92 Å². The second kappa shape index (κ2) is 6.48. The first-order valence-corrected chi connectivity index (χ1v) is 8.17. The summed E-state index contributed by atoms with van der Waals surface area (Å²) in [5.74, 6) is -0.923. The molecule has 0 unspecified atom stereocenters. The fourth-order valence-electron chi connectivity index (χ4n) is 2.79. The van der Waals surface area contributed by atoms with Crippen LogP contribution in [0, 0.1) is 6.92 Å². The molecular weight excluding hydrogens is 373 g/mol. The van der Waals surface area contributed by atoms with Gasteiger partial charge in [-0.2, -0.15) is 33.7 Å². The number of aromatic amines is 1. The lowest BCUT2D eigenvalue weighted by Gasteiger charge is -2.13. The minimum Gasteiger partial charge on any atom is -0.322 e. The molecule has 2 N–H and O–H groups in total. The minimum atomic E-state index is -4.77. The lowest BCUT2D eigenvalue weighted by molar-refractivity contribution is -0.143. The topological polar surface area (TPSA) is 88.5 Å². The highest BCUT2D eigenvalue weighted by molar-refractivity contribution is 6.05. The van der Waals surface area contributed by atoms with Gasteiger partial charge in [0.1, 0.15) is 11.0 Å². The molecule has 0 aliphatic heterocycles. The number of hydrogen-bond acceptors (Lipinski definition) is 4. The number of carbonyl (C=O) groups excluding carboxylic acids is 1. The van der Waals surface area contributed by atoms with E-state index in [9.17, 15) is 18.0 Å². The van der Waals surface area contributed by atoms with Crippen LogP contribution in [0.5, 0.6) is 0 Å². The molecule has 28 heavy (non-hydrogen) atoms. The molecular formula is C18H13F3N6O. The van der Waals surface area contributed by atoms with Crippen LogP contribution in [0.2, 0.25) is 0 Å². The highest BCUT2D eigenvalue weighted by Gasteiger charge is 2.40. The predicted octanol–water partition coefficient (Wildman–Crippen LogP) is 3.72. The molecule has 0 bridgehead atoms. The average molecular weight is 386 g/mol. The lowest BCUT2D eigenvalue weighted by atomic mass is 10.2. The Morgan fingerprint density at radius 3 is 2.50 bits per heavy atom. The van der Waals surface area contributed by atoms with Crippen molar-refractivity contribution in [1.29, 1.82) is 0 Å². The first kappa shape index (κ1) is 17.7. The quantitative estimate of drug-likeness (QED) is 0.562. The van der Waals surface area contributed by atoms with E-state index in [2.05, 4.69) is 25.8 Å². The SMILES string of the molecule is Cc1ccc(-n2ncc(C(=O)Nc3ccc4n[nH]nc4c3)c2C(F)(F)F)cc1. The number of anilines is 1. The molecule has 142 valence electrons. The standard InChI is InChI=1S/C18H13F3N6O/c1-10-2-5-12(6-3-10)27-16(18(19,20)21)13(9-22-27)17(28)23-11-4-7-14-15(8-11)25-26-24-14/h2-9H,1H3,(H,23,28)(H,24,25,26). The minimum absolute atomic E-state index is 0.209. The molecule has 0 aliphatic rings. The highest BCUT2D eigenvalue weighted by atomic mass is 19.4. The first-order valence-electron chi connectivity index (χ1n) is 8.17. The number of fused-ring (bicyclic) bond motifs is 1. The summed E-state index contributed by atoms with van der Waals surface area (Å²) in [6, 6.07) is 11.0. The van der Waals surface area contributed by atoms with Crippen molar-refractivity contribution >= 4 is 22.6 Å². The van der Waals surface area contributed by atoms with Gasteiger partial charge >= 0.3 is 6.18 Å². The van der Waals surface area contributed by atoms with Crippen molar-refractivity contribution in [2.24, 2.45) is 0 Å². The number of hydrogen-bond donors (Lipinski definition) is 2. The van der Waals surface area contributed by atoms with Gasteiger partial charge in [0.25, 0.3) is 5.91 Å². The van der Waals surface area contributed by atoms with E-state index < -0.39 is 23.3 Å². The van der Waals surface area contributed by atoms with Crippen LogP contribution in [0.4, 0.5) is 18.9 Å². The van der Waals surface area contributed by atoms with E-state index in [4.69, 9.17) is 0 Å². The molecule has 10 heteroatoms. The maximum absolute atomic E-state index is 13.7. The molecule has 0 saturated heterocycles. The summed E-state index contributed by atoms with van der Waals surface area (Å²) in [5, 5.41) is 16.4. The Hall–Kier alpha value is -3.69. The maximum atomic E-state index is 13.7. The summed E-state index contributed by atoms with van der Waals surface area (Å²) in [6.07, 6.45) is -3.86. The Balaban J connectivity index is 1.72. The van der Waals surface area contributed by atoms with Gasteiger partial charge in [0, 0.05) is 5.69 Å². The second-order valence-corrected chi connectivity index (χ2v) is 6.13. The van der Waals surface area contributed by atoms with E-state index in [1.165, 1.54) is 24.3 Å². The Morgan fingerprint density at radius 2 is 1.79 bits per heavy atom. The van der Waals surface area contributed by atoms with Gasteiger partial charge in [-0.25, -0.2) is 4.68 Å². The summed E-state index contributed by atoms with van der Waals surface area (Å²) in [6.45, 7) is 1.82. The van der Waals surface area contributed by atoms with E-state index in [-0.39, 0.29) is 5.69 Å². The third-order valence-corrected chi connectivity index (χ3v) is 4.14. The monoisotopic (exact) mass is 386 g/mol. The summed E-state index contributed by atoms with van der Waals surface area (Å²) in [4.78, 5) is 12.5. The number of alkyl halides is 3. The summed E-state index contributed by atoms with van der Waals surface area (Å²) in [7, 11) is 0. The number of nitrogens with zero attached hydrogens (tertiary/aromatic N) is 4. The fraction of sp³-hybridized carbons (Fsp3) is 0.111. The van der Waals surface area contributed by atoms with Crippen LogP contribution in [0.1, 0.15) is 21.6 Å². The van der Waals surface area contributed by atoms with E-state index in [1.54, 1.807) is 18.2 Å². The second-order valence-electron chi connectivity index (χ2n) is 6.13. The van der Waals surface area contributed by atoms with Crippen molar-refractivity contribution in [3.05, 3.63) is 65.5 Å².